The average molecular weight is 409 g/mol. The van der Waals surface area contributed by atoms with E-state index in [-0.39, 0.29) is 23.5 Å². The summed E-state index contributed by atoms with van der Waals surface area (Å²) in [6, 6.07) is 15.3. The van der Waals surface area contributed by atoms with Crippen LogP contribution >= 0.6 is 0 Å². The fraction of sp³-hybridized carbons (Fsp3) is 0.440. The molecule has 1 heterocycles. The third-order valence-electron chi connectivity index (χ3n) is 5.90. The number of likely N-dealkylation sites (tertiary alicyclic amines) is 1. The second-order valence-corrected chi connectivity index (χ2v) is 8.19. The minimum Gasteiger partial charge on any atom is -0.507 e. The van der Waals surface area contributed by atoms with Crippen molar-refractivity contribution in [2.75, 3.05) is 26.7 Å². The number of nitrogens with zero attached hydrogens (tertiary/aromatic N) is 2. The van der Waals surface area contributed by atoms with Crippen molar-refractivity contribution in [2.24, 2.45) is 5.92 Å². The van der Waals surface area contributed by atoms with Crippen molar-refractivity contribution in [2.45, 2.75) is 39.0 Å². The molecule has 30 heavy (non-hydrogen) atoms. The number of carbonyl (C=O) groups excluding carboxylic acids is 2. The molecular weight excluding hydrogens is 376 g/mol. The maximum Gasteiger partial charge on any atom is 0.257 e. The Kier molecular flexibility index (Phi) is 7.50. The molecule has 0 radical (unpaired) electrons. The molecule has 0 spiro atoms. The molecule has 0 atom stereocenters. The van der Waals surface area contributed by atoms with Crippen LogP contribution < -0.4 is 0 Å². The van der Waals surface area contributed by atoms with Crippen LogP contribution in [-0.4, -0.2) is 53.4 Å². The predicted octanol–water partition coefficient (Wildman–Crippen LogP) is 4.09. The first-order valence-electron chi connectivity index (χ1n) is 10.9. The second kappa shape index (κ2) is 10.3. The Balaban J connectivity index is 1.62. The van der Waals surface area contributed by atoms with Crippen molar-refractivity contribution in [1.29, 1.82) is 0 Å². The number of phenolic OH excluding ortho intramolecular Hbond substituents is 1. The van der Waals surface area contributed by atoms with Gasteiger partial charge in [0.05, 0.1) is 5.56 Å². The Morgan fingerprint density at radius 1 is 1.07 bits per heavy atom. The summed E-state index contributed by atoms with van der Waals surface area (Å²) in [6.45, 7) is 3.99. The predicted molar refractivity (Wildman–Crippen MR) is 119 cm³/mol. The number of rotatable bonds is 7. The zero-order valence-electron chi connectivity index (χ0n) is 18.0. The van der Waals surface area contributed by atoms with Gasteiger partial charge in [-0.1, -0.05) is 49.7 Å². The molecule has 0 aliphatic carbocycles. The fourth-order valence-corrected chi connectivity index (χ4v) is 4.01. The summed E-state index contributed by atoms with van der Waals surface area (Å²) in [7, 11) is 1.87. The molecule has 160 valence electrons. The van der Waals surface area contributed by atoms with Crippen LogP contribution in [0, 0.1) is 5.92 Å². The fourth-order valence-electron chi connectivity index (χ4n) is 4.01. The molecule has 1 saturated heterocycles. The van der Waals surface area contributed by atoms with E-state index < -0.39 is 0 Å². The molecule has 1 aliphatic rings. The van der Waals surface area contributed by atoms with Gasteiger partial charge >= 0.3 is 0 Å². The minimum atomic E-state index is -0.160. The van der Waals surface area contributed by atoms with Crippen molar-refractivity contribution in [1.82, 2.24) is 9.80 Å². The lowest BCUT2D eigenvalue weighted by Crippen LogP contribution is -2.43. The molecule has 1 aliphatic heterocycles. The summed E-state index contributed by atoms with van der Waals surface area (Å²) >= 11 is 0. The van der Waals surface area contributed by atoms with E-state index in [9.17, 15) is 14.7 Å². The first-order valence-corrected chi connectivity index (χ1v) is 10.9. The molecule has 2 aromatic carbocycles. The monoisotopic (exact) mass is 408 g/mol. The number of carbonyl (C=O) groups is 2. The number of phenols is 1. The summed E-state index contributed by atoms with van der Waals surface area (Å²) in [4.78, 5) is 29.2. The summed E-state index contributed by atoms with van der Waals surface area (Å²) < 4.78 is 0. The Bertz CT molecular complexity index is 858. The zero-order chi connectivity index (χ0) is 21.5. The van der Waals surface area contributed by atoms with Crippen LogP contribution in [0.1, 0.15) is 54.1 Å². The first kappa shape index (κ1) is 21.9. The standard InChI is InChI=1S/C25H32N2O3/c1-3-4-14-26(2)24(29)21-12-15-27(16-13-21)25(30)22-18-20(10-11-23(22)28)17-19-8-6-5-7-9-19/h5-11,18,21,28H,3-4,12-17H2,1-2H3. The van der Waals surface area contributed by atoms with Gasteiger partial charge in [0.1, 0.15) is 5.75 Å². The Morgan fingerprint density at radius 3 is 2.43 bits per heavy atom. The maximum atomic E-state index is 13.0. The molecule has 3 rings (SSSR count). The molecule has 1 fully saturated rings. The number of aromatic hydroxyl groups is 1. The Hall–Kier alpha value is -2.82. The van der Waals surface area contributed by atoms with Crippen molar-refractivity contribution in [3.63, 3.8) is 0 Å². The van der Waals surface area contributed by atoms with Crippen LogP contribution in [0.2, 0.25) is 0 Å². The second-order valence-electron chi connectivity index (χ2n) is 8.19. The molecule has 0 bridgehead atoms. The van der Waals surface area contributed by atoms with Gasteiger partial charge in [0, 0.05) is 32.6 Å². The summed E-state index contributed by atoms with van der Waals surface area (Å²) in [5.41, 5.74) is 2.49. The normalized spacial score (nSPS) is 14.5. The summed E-state index contributed by atoms with van der Waals surface area (Å²) in [5, 5.41) is 10.3. The van der Waals surface area contributed by atoms with Gasteiger partial charge in [0.2, 0.25) is 5.91 Å². The number of amides is 2. The number of hydrogen-bond acceptors (Lipinski definition) is 3. The van der Waals surface area contributed by atoms with Gasteiger partial charge in [-0.25, -0.2) is 0 Å². The highest BCUT2D eigenvalue weighted by Crippen LogP contribution is 2.26. The van der Waals surface area contributed by atoms with Gasteiger partial charge in [-0.05, 0) is 48.9 Å². The highest BCUT2D eigenvalue weighted by atomic mass is 16.3. The molecular formula is C25H32N2O3. The van der Waals surface area contributed by atoms with E-state index in [1.165, 1.54) is 0 Å². The Labute approximate surface area is 179 Å². The van der Waals surface area contributed by atoms with Crippen LogP contribution in [0.4, 0.5) is 0 Å². The van der Waals surface area contributed by atoms with Crippen molar-refractivity contribution in [3.8, 4) is 5.75 Å². The molecule has 5 nitrogen and oxygen atoms in total. The number of hydrogen-bond donors (Lipinski definition) is 1. The van der Waals surface area contributed by atoms with E-state index in [0.29, 0.717) is 37.9 Å². The molecule has 2 aromatic rings. The van der Waals surface area contributed by atoms with E-state index in [4.69, 9.17) is 0 Å². The van der Waals surface area contributed by atoms with Gasteiger partial charge in [0.25, 0.3) is 5.91 Å². The molecule has 0 unspecified atom stereocenters. The topological polar surface area (TPSA) is 60.9 Å². The lowest BCUT2D eigenvalue weighted by atomic mass is 9.94. The van der Waals surface area contributed by atoms with Crippen LogP contribution in [0.3, 0.4) is 0 Å². The molecule has 0 saturated carbocycles. The smallest absolute Gasteiger partial charge is 0.257 e. The zero-order valence-corrected chi connectivity index (χ0v) is 18.0. The summed E-state index contributed by atoms with van der Waals surface area (Å²) in [6.07, 6.45) is 4.13. The quantitative estimate of drug-likeness (QED) is 0.751. The molecule has 5 heteroatoms. The van der Waals surface area contributed by atoms with Crippen molar-refractivity contribution in [3.05, 3.63) is 65.2 Å². The van der Waals surface area contributed by atoms with Crippen molar-refractivity contribution >= 4 is 11.8 Å². The molecule has 0 aromatic heterocycles. The van der Waals surface area contributed by atoms with Crippen LogP contribution in [0.25, 0.3) is 0 Å². The minimum absolute atomic E-state index is 0.00862. The van der Waals surface area contributed by atoms with Gasteiger partial charge in [-0.2, -0.15) is 0 Å². The van der Waals surface area contributed by atoms with Crippen LogP contribution in [-0.2, 0) is 11.2 Å². The largest absolute Gasteiger partial charge is 0.507 e. The summed E-state index contributed by atoms with van der Waals surface area (Å²) in [5.74, 6) is 0.0131. The van der Waals surface area contributed by atoms with E-state index in [1.54, 1.807) is 17.0 Å². The van der Waals surface area contributed by atoms with Crippen LogP contribution in [0.5, 0.6) is 5.75 Å². The lowest BCUT2D eigenvalue weighted by Gasteiger charge is -2.33. The van der Waals surface area contributed by atoms with E-state index >= 15 is 0 Å². The van der Waals surface area contributed by atoms with Gasteiger partial charge in [-0.15, -0.1) is 0 Å². The lowest BCUT2D eigenvalue weighted by molar-refractivity contribution is -0.135. The van der Waals surface area contributed by atoms with Gasteiger partial charge in [0.15, 0.2) is 0 Å². The SMILES string of the molecule is CCCCN(C)C(=O)C1CCN(C(=O)c2cc(Cc3ccccc3)ccc2O)CC1. The van der Waals surface area contributed by atoms with Crippen molar-refractivity contribution < 1.29 is 14.7 Å². The maximum absolute atomic E-state index is 13.0. The third kappa shape index (κ3) is 5.41. The highest BCUT2D eigenvalue weighted by molar-refractivity contribution is 5.97. The average Bonchev–Trinajstić information content (AvgIpc) is 2.78. The van der Waals surface area contributed by atoms with Gasteiger partial charge < -0.3 is 14.9 Å². The van der Waals surface area contributed by atoms with E-state index in [0.717, 1.165) is 30.5 Å². The Morgan fingerprint density at radius 2 is 1.77 bits per heavy atom. The van der Waals surface area contributed by atoms with E-state index in [1.807, 2.05) is 48.3 Å². The highest BCUT2D eigenvalue weighted by Gasteiger charge is 2.30. The first-order chi connectivity index (χ1) is 14.5. The molecule has 1 N–H and O–H groups in total. The number of piperidine rings is 1. The molecule has 2 amide bonds. The van der Waals surface area contributed by atoms with E-state index in [2.05, 4.69) is 6.92 Å². The number of benzene rings is 2. The number of unbranched alkanes of at least 4 members (excludes halogenated alkanes) is 1. The van der Waals surface area contributed by atoms with Gasteiger partial charge in [-0.3, -0.25) is 9.59 Å². The van der Waals surface area contributed by atoms with Crippen LogP contribution in [0.15, 0.2) is 48.5 Å². The third-order valence-corrected chi connectivity index (χ3v) is 5.90.